The zero-order chi connectivity index (χ0) is 18.2. The largest absolute Gasteiger partial charge is 0.352 e. The summed E-state index contributed by atoms with van der Waals surface area (Å²) in [6.45, 7) is 4.55. The Morgan fingerprint density at radius 3 is 2.64 bits per heavy atom. The summed E-state index contributed by atoms with van der Waals surface area (Å²) in [5.41, 5.74) is 0.548. The van der Waals surface area contributed by atoms with Gasteiger partial charge in [-0.2, -0.15) is 5.10 Å². The van der Waals surface area contributed by atoms with Crippen molar-refractivity contribution in [1.29, 1.82) is 0 Å². The fourth-order valence-electron chi connectivity index (χ4n) is 2.30. The molecule has 0 aliphatic rings. The molecule has 0 saturated heterocycles. The number of amides is 2. The van der Waals surface area contributed by atoms with E-state index in [0.29, 0.717) is 35.8 Å². The first kappa shape index (κ1) is 19.0. The maximum absolute atomic E-state index is 12.0. The number of carbonyl (C=O) groups excluding carboxylic acids is 2. The molecule has 134 valence electrons. The molecular weight excluding hydrogens is 340 g/mol. The minimum Gasteiger partial charge on any atom is -0.352 e. The molecule has 2 aromatic rings. The van der Waals surface area contributed by atoms with Crippen LogP contribution in [0.1, 0.15) is 49.5 Å². The summed E-state index contributed by atoms with van der Waals surface area (Å²) in [7, 11) is 0. The number of benzene rings is 1. The molecule has 2 rings (SSSR count). The molecule has 0 aliphatic carbocycles. The zero-order valence-electron chi connectivity index (χ0n) is 14.5. The summed E-state index contributed by atoms with van der Waals surface area (Å²) in [5, 5.41) is 10.5. The van der Waals surface area contributed by atoms with Crippen LogP contribution in [0.3, 0.4) is 0 Å². The molecule has 0 saturated carbocycles. The molecule has 2 N–H and O–H groups in total. The second-order valence-corrected chi connectivity index (χ2v) is 6.27. The third-order valence-corrected chi connectivity index (χ3v) is 4.17. The second kappa shape index (κ2) is 9.22. The molecule has 1 aromatic carbocycles. The fraction of sp³-hybridized carbons (Fsp3) is 0.389. The topological polar surface area (TPSA) is 76.0 Å². The lowest BCUT2D eigenvalue weighted by Crippen LogP contribution is -2.25. The number of carbonyl (C=O) groups is 2. The Kier molecular flexibility index (Phi) is 7.01. The van der Waals surface area contributed by atoms with Gasteiger partial charge in [0.1, 0.15) is 5.82 Å². The van der Waals surface area contributed by atoms with Crippen LogP contribution in [0.4, 0.5) is 5.82 Å². The molecule has 1 heterocycles. The first-order valence-electron chi connectivity index (χ1n) is 8.38. The van der Waals surface area contributed by atoms with E-state index in [1.165, 1.54) is 0 Å². The molecule has 0 spiro atoms. The van der Waals surface area contributed by atoms with Gasteiger partial charge >= 0.3 is 0 Å². The lowest BCUT2D eigenvalue weighted by atomic mass is 10.2. The van der Waals surface area contributed by atoms with Crippen LogP contribution < -0.4 is 10.6 Å². The number of nitrogens with one attached hydrogen (secondary N) is 2. The highest BCUT2D eigenvalue weighted by Gasteiger charge is 2.11. The lowest BCUT2D eigenvalue weighted by molar-refractivity contribution is -0.116. The fourth-order valence-corrected chi connectivity index (χ4v) is 2.42. The maximum Gasteiger partial charge on any atom is 0.251 e. The summed E-state index contributed by atoms with van der Waals surface area (Å²) in [4.78, 5) is 24.0. The number of nitrogens with zero attached hydrogens (tertiary/aromatic N) is 2. The van der Waals surface area contributed by atoms with Gasteiger partial charge in [0.25, 0.3) is 5.91 Å². The van der Waals surface area contributed by atoms with E-state index >= 15 is 0 Å². The third kappa shape index (κ3) is 5.60. The highest BCUT2D eigenvalue weighted by Crippen LogP contribution is 2.16. The molecule has 2 amide bonds. The first-order chi connectivity index (χ1) is 12.0. The summed E-state index contributed by atoms with van der Waals surface area (Å²) < 4.78 is 1.81. The standard InChI is InChI=1S/C18H23ClN4O2/c1-3-13(2)23-16(10-12-21-23)22-17(24)5-4-11-20-18(25)14-6-8-15(19)9-7-14/h6-10,12-13H,3-5,11H2,1-2H3,(H,20,25)(H,22,24). The number of hydrogen-bond donors (Lipinski definition) is 2. The van der Waals surface area contributed by atoms with E-state index in [4.69, 9.17) is 11.6 Å². The van der Waals surface area contributed by atoms with Gasteiger partial charge in [-0.15, -0.1) is 0 Å². The van der Waals surface area contributed by atoms with E-state index in [1.54, 1.807) is 41.2 Å². The second-order valence-electron chi connectivity index (χ2n) is 5.83. The van der Waals surface area contributed by atoms with Crippen LogP contribution in [0.25, 0.3) is 0 Å². The van der Waals surface area contributed by atoms with Crippen LogP contribution >= 0.6 is 11.6 Å². The van der Waals surface area contributed by atoms with Gasteiger partial charge in [-0.05, 0) is 44.0 Å². The van der Waals surface area contributed by atoms with Gasteiger partial charge in [0, 0.05) is 29.6 Å². The van der Waals surface area contributed by atoms with Crippen molar-refractivity contribution in [3.8, 4) is 0 Å². The number of aromatic nitrogens is 2. The van der Waals surface area contributed by atoms with E-state index in [1.807, 2.05) is 0 Å². The summed E-state index contributed by atoms with van der Waals surface area (Å²) in [5.74, 6) is 0.433. The Balaban J connectivity index is 1.73. The van der Waals surface area contributed by atoms with Gasteiger partial charge in [-0.25, -0.2) is 4.68 Å². The van der Waals surface area contributed by atoms with Crippen LogP contribution in [0, 0.1) is 0 Å². The van der Waals surface area contributed by atoms with E-state index in [0.717, 1.165) is 6.42 Å². The molecule has 0 radical (unpaired) electrons. The van der Waals surface area contributed by atoms with Crippen molar-refractivity contribution in [3.05, 3.63) is 47.1 Å². The molecule has 1 atom stereocenters. The van der Waals surface area contributed by atoms with Gasteiger partial charge in [-0.1, -0.05) is 18.5 Å². The predicted octanol–water partition coefficient (Wildman–Crippen LogP) is 3.66. The van der Waals surface area contributed by atoms with Crippen molar-refractivity contribution in [2.45, 2.75) is 39.2 Å². The Hall–Kier alpha value is -2.34. The normalized spacial score (nSPS) is 11.8. The Labute approximate surface area is 152 Å². The highest BCUT2D eigenvalue weighted by molar-refractivity contribution is 6.30. The van der Waals surface area contributed by atoms with Gasteiger partial charge in [0.05, 0.1) is 12.2 Å². The van der Waals surface area contributed by atoms with E-state index in [-0.39, 0.29) is 17.9 Å². The van der Waals surface area contributed by atoms with Crippen molar-refractivity contribution in [2.24, 2.45) is 0 Å². The molecule has 0 aliphatic heterocycles. The Morgan fingerprint density at radius 1 is 1.24 bits per heavy atom. The molecule has 0 bridgehead atoms. The average molecular weight is 363 g/mol. The van der Waals surface area contributed by atoms with Gasteiger partial charge in [0.2, 0.25) is 5.91 Å². The first-order valence-corrected chi connectivity index (χ1v) is 8.76. The van der Waals surface area contributed by atoms with E-state index < -0.39 is 0 Å². The Bertz CT molecular complexity index is 712. The molecule has 0 fully saturated rings. The zero-order valence-corrected chi connectivity index (χ0v) is 15.2. The number of rotatable bonds is 8. The van der Waals surface area contributed by atoms with Gasteiger partial charge < -0.3 is 10.6 Å². The minimum atomic E-state index is -0.174. The summed E-state index contributed by atoms with van der Waals surface area (Å²) >= 11 is 5.79. The summed E-state index contributed by atoms with van der Waals surface area (Å²) in [6, 6.07) is 8.69. The van der Waals surface area contributed by atoms with Crippen LogP contribution in [-0.4, -0.2) is 28.1 Å². The third-order valence-electron chi connectivity index (χ3n) is 3.92. The van der Waals surface area contributed by atoms with Gasteiger partial charge in [0.15, 0.2) is 0 Å². The quantitative estimate of drug-likeness (QED) is 0.703. The van der Waals surface area contributed by atoms with Crippen LogP contribution in [0.15, 0.2) is 36.5 Å². The molecule has 1 unspecified atom stereocenters. The monoisotopic (exact) mass is 362 g/mol. The average Bonchev–Trinajstić information content (AvgIpc) is 3.06. The van der Waals surface area contributed by atoms with Crippen molar-refractivity contribution in [3.63, 3.8) is 0 Å². The molecule has 7 heteroatoms. The van der Waals surface area contributed by atoms with Crippen molar-refractivity contribution >= 4 is 29.2 Å². The van der Waals surface area contributed by atoms with Crippen molar-refractivity contribution < 1.29 is 9.59 Å². The molecule has 6 nitrogen and oxygen atoms in total. The smallest absolute Gasteiger partial charge is 0.251 e. The van der Waals surface area contributed by atoms with E-state index in [9.17, 15) is 9.59 Å². The number of anilines is 1. The number of halogens is 1. The summed E-state index contributed by atoms with van der Waals surface area (Å²) in [6.07, 6.45) is 3.49. The maximum atomic E-state index is 12.0. The molecular formula is C18H23ClN4O2. The van der Waals surface area contributed by atoms with Crippen molar-refractivity contribution in [2.75, 3.05) is 11.9 Å². The highest BCUT2D eigenvalue weighted by atomic mass is 35.5. The van der Waals surface area contributed by atoms with E-state index in [2.05, 4.69) is 29.6 Å². The van der Waals surface area contributed by atoms with Crippen LogP contribution in [0.2, 0.25) is 5.02 Å². The Morgan fingerprint density at radius 2 is 1.96 bits per heavy atom. The lowest BCUT2D eigenvalue weighted by Gasteiger charge is -2.14. The van der Waals surface area contributed by atoms with Crippen molar-refractivity contribution in [1.82, 2.24) is 15.1 Å². The molecule has 25 heavy (non-hydrogen) atoms. The van der Waals surface area contributed by atoms with Crippen LogP contribution in [-0.2, 0) is 4.79 Å². The molecule has 1 aromatic heterocycles. The van der Waals surface area contributed by atoms with Crippen LogP contribution in [0.5, 0.6) is 0 Å². The minimum absolute atomic E-state index is 0.0919. The predicted molar refractivity (Wildman–Crippen MR) is 98.9 cm³/mol. The number of hydrogen-bond acceptors (Lipinski definition) is 3. The van der Waals surface area contributed by atoms with Gasteiger partial charge in [-0.3, -0.25) is 9.59 Å². The SMILES string of the molecule is CCC(C)n1nccc1NC(=O)CCCNC(=O)c1ccc(Cl)cc1.